The van der Waals surface area contributed by atoms with Crippen molar-refractivity contribution in [1.29, 1.82) is 0 Å². The summed E-state index contributed by atoms with van der Waals surface area (Å²) in [6.45, 7) is 4.47. The van der Waals surface area contributed by atoms with Gasteiger partial charge in [-0.25, -0.2) is 0 Å². The minimum absolute atomic E-state index is 0.0405. The Morgan fingerprint density at radius 1 is 0.825 bits per heavy atom. The van der Waals surface area contributed by atoms with Crippen molar-refractivity contribution in [2.24, 2.45) is 0 Å². The van der Waals surface area contributed by atoms with E-state index < -0.39 is 4.92 Å². The maximum atomic E-state index is 12.4. The monoisotopic (exact) mass is 551 g/mol. The Bertz CT molecular complexity index is 1210. The molecule has 0 saturated carbocycles. The van der Waals surface area contributed by atoms with Gasteiger partial charge in [0, 0.05) is 36.9 Å². The van der Waals surface area contributed by atoms with Crippen LogP contribution < -0.4 is 26.0 Å². The predicted molar refractivity (Wildman–Crippen MR) is 154 cm³/mol. The second-order valence-corrected chi connectivity index (χ2v) is 9.16. The zero-order valence-corrected chi connectivity index (χ0v) is 22.7. The number of rotatable bonds is 2. The summed E-state index contributed by atoms with van der Waals surface area (Å²) in [5.74, 6) is 0.153. The Labute approximate surface area is 234 Å². The van der Waals surface area contributed by atoms with E-state index in [1.165, 1.54) is 37.5 Å². The quantitative estimate of drug-likeness (QED) is 0.329. The summed E-state index contributed by atoms with van der Waals surface area (Å²) >= 11 is 0. The van der Waals surface area contributed by atoms with E-state index in [2.05, 4.69) is 21.3 Å². The van der Waals surface area contributed by atoms with Gasteiger partial charge < -0.3 is 30.7 Å². The summed E-state index contributed by atoms with van der Waals surface area (Å²) in [5.41, 5.74) is 0.819. The van der Waals surface area contributed by atoms with Crippen molar-refractivity contribution >= 4 is 29.3 Å². The lowest BCUT2D eigenvalue weighted by molar-refractivity contribution is -0.385. The Morgan fingerprint density at radius 2 is 1.50 bits per heavy atom. The molecule has 214 valence electrons. The Kier molecular flexibility index (Phi) is 12.6. The molecule has 40 heavy (non-hydrogen) atoms. The first-order chi connectivity index (χ1) is 19.5. The fraction of sp³-hybridized carbons (Fsp3) is 0.379. The Balaban J connectivity index is 1.78. The Morgan fingerprint density at radius 3 is 2.17 bits per heavy atom. The van der Waals surface area contributed by atoms with Crippen molar-refractivity contribution in [3.63, 3.8) is 0 Å². The molecule has 4 N–H and O–H groups in total. The minimum atomic E-state index is -0.539. The highest BCUT2D eigenvalue weighted by molar-refractivity contribution is 5.94. The van der Waals surface area contributed by atoms with Gasteiger partial charge in [-0.1, -0.05) is 18.2 Å². The van der Waals surface area contributed by atoms with Crippen LogP contribution in [0.4, 0.5) is 5.69 Å². The molecule has 0 unspecified atom stereocenters. The zero-order chi connectivity index (χ0) is 28.6. The molecule has 2 aromatic carbocycles. The van der Waals surface area contributed by atoms with E-state index in [0.717, 1.165) is 51.9 Å². The van der Waals surface area contributed by atoms with E-state index in [9.17, 15) is 19.7 Å². The molecule has 0 aliphatic carbocycles. The van der Waals surface area contributed by atoms with E-state index in [-0.39, 0.29) is 23.3 Å². The number of carbonyl (C=O) groups is 2. The highest BCUT2D eigenvalue weighted by Crippen LogP contribution is 2.33. The molecule has 0 fully saturated rings. The molecule has 2 heterocycles. The smallest absolute Gasteiger partial charge is 0.312 e. The molecule has 0 atom stereocenters. The molecule has 11 heteroatoms. The van der Waals surface area contributed by atoms with Crippen molar-refractivity contribution in [3.05, 3.63) is 75.9 Å². The van der Waals surface area contributed by atoms with Crippen LogP contribution in [0.25, 0.3) is 11.8 Å². The van der Waals surface area contributed by atoms with Gasteiger partial charge in [0.15, 0.2) is 0 Å². The highest BCUT2D eigenvalue weighted by atomic mass is 16.6. The molecule has 0 aromatic heterocycles. The highest BCUT2D eigenvalue weighted by Gasteiger charge is 2.17. The minimum Gasteiger partial charge on any atom is -0.496 e. The van der Waals surface area contributed by atoms with Crippen molar-refractivity contribution in [2.75, 3.05) is 46.4 Å². The summed E-state index contributed by atoms with van der Waals surface area (Å²) in [6.07, 6.45) is 7.92. The van der Waals surface area contributed by atoms with Crippen molar-refractivity contribution in [2.45, 2.75) is 25.7 Å². The second kappa shape index (κ2) is 16.7. The van der Waals surface area contributed by atoms with Gasteiger partial charge in [0.25, 0.3) is 0 Å². The summed E-state index contributed by atoms with van der Waals surface area (Å²) in [7, 11) is 1.46. The third kappa shape index (κ3) is 10.5. The standard InChI is InChI=1S/C29H37N5O6/c1-39-27-21-29(36)33-18-6-16-31-14-3-2-13-30-15-5-17-32-28(35)12-10-22-9-11-26(25(19-22)34(37)38)40-24-8-4-7-23(27)20-24/h4,7-12,19-21,30-31H,2-3,5-6,13-18H2,1H3,(H,32,35)(H,33,36)/b12-10-,27-21?. The maximum Gasteiger partial charge on any atom is 0.312 e. The Hall–Kier alpha value is -4.22. The number of methoxy groups -OCH3 is 1. The first kappa shape index (κ1) is 30.3. The fourth-order valence-corrected chi connectivity index (χ4v) is 3.97. The molecular formula is C29H37N5O6. The molecule has 2 amide bonds. The van der Waals surface area contributed by atoms with Gasteiger partial charge in [0.2, 0.25) is 17.6 Å². The fourth-order valence-electron chi connectivity index (χ4n) is 3.97. The van der Waals surface area contributed by atoms with Crippen LogP contribution in [0.5, 0.6) is 11.5 Å². The molecule has 2 aliphatic heterocycles. The lowest BCUT2D eigenvalue weighted by Crippen LogP contribution is -2.27. The van der Waals surface area contributed by atoms with Crippen LogP contribution in [0.1, 0.15) is 36.8 Å². The molecule has 4 bridgehead atoms. The summed E-state index contributed by atoms with van der Waals surface area (Å²) in [5, 5.41) is 24.2. The van der Waals surface area contributed by atoms with E-state index >= 15 is 0 Å². The van der Waals surface area contributed by atoms with Gasteiger partial charge in [0.05, 0.1) is 12.0 Å². The predicted octanol–water partition coefficient (Wildman–Crippen LogP) is 3.37. The first-order valence-corrected chi connectivity index (χ1v) is 13.4. The average Bonchev–Trinajstić information content (AvgIpc) is 2.95. The van der Waals surface area contributed by atoms with Crippen molar-refractivity contribution in [3.8, 4) is 11.5 Å². The number of nitro benzene ring substituents is 1. The van der Waals surface area contributed by atoms with Crippen LogP contribution in [-0.2, 0) is 14.3 Å². The number of benzene rings is 2. The largest absolute Gasteiger partial charge is 0.496 e. The summed E-state index contributed by atoms with van der Waals surface area (Å²) in [6, 6.07) is 11.2. The van der Waals surface area contributed by atoms with Crippen LogP contribution in [0.15, 0.2) is 54.6 Å². The summed E-state index contributed by atoms with van der Waals surface area (Å²) in [4.78, 5) is 35.8. The number of fused-ring (bicyclic) bond motifs is 19. The number of nitrogens with zero attached hydrogens (tertiary/aromatic N) is 1. The van der Waals surface area contributed by atoms with E-state index in [1.807, 2.05) is 0 Å². The normalized spacial score (nSPS) is 17.7. The number of carbonyl (C=O) groups excluding carboxylic acids is 2. The summed E-state index contributed by atoms with van der Waals surface area (Å²) < 4.78 is 11.3. The average molecular weight is 552 g/mol. The topological polar surface area (TPSA) is 144 Å². The van der Waals surface area contributed by atoms with Crippen LogP contribution in [0.2, 0.25) is 0 Å². The number of amides is 2. The molecule has 2 aromatic rings. The van der Waals surface area contributed by atoms with Crippen molar-refractivity contribution in [1.82, 2.24) is 21.3 Å². The van der Waals surface area contributed by atoms with Crippen LogP contribution in [0, 0.1) is 10.1 Å². The zero-order valence-electron chi connectivity index (χ0n) is 22.7. The first-order valence-electron chi connectivity index (χ1n) is 13.4. The molecule has 0 radical (unpaired) electrons. The third-order valence-electron chi connectivity index (χ3n) is 6.05. The molecule has 2 aliphatic rings. The van der Waals surface area contributed by atoms with Gasteiger partial charge in [-0.15, -0.1) is 0 Å². The number of nitrogens with one attached hydrogen (secondary N) is 4. The van der Waals surface area contributed by atoms with Crippen LogP contribution in [-0.4, -0.2) is 63.1 Å². The van der Waals surface area contributed by atoms with Gasteiger partial charge in [-0.3, -0.25) is 19.7 Å². The number of hydrogen-bond donors (Lipinski definition) is 4. The van der Waals surface area contributed by atoms with Crippen LogP contribution in [0.3, 0.4) is 0 Å². The second-order valence-electron chi connectivity index (χ2n) is 9.16. The maximum absolute atomic E-state index is 12.4. The molecule has 0 spiro atoms. The molecule has 0 saturated heterocycles. The lowest BCUT2D eigenvalue weighted by atomic mass is 10.1. The van der Waals surface area contributed by atoms with Crippen LogP contribution >= 0.6 is 0 Å². The SMILES string of the molecule is COC1=CC(=O)NCCCNCCCCNCCCNC(=O)/C=C\c2ccc(c([N+](=O)[O-])c2)Oc2cccc1c2. The molecule has 4 rings (SSSR count). The van der Waals surface area contributed by atoms with E-state index in [4.69, 9.17) is 9.47 Å². The van der Waals surface area contributed by atoms with Gasteiger partial charge >= 0.3 is 5.69 Å². The molecular weight excluding hydrogens is 514 g/mol. The number of nitro groups is 1. The number of hydrogen-bond acceptors (Lipinski definition) is 8. The molecule has 11 nitrogen and oxygen atoms in total. The van der Waals surface area contributed by atoms with Crippen molar-refractivity contribution < 1.29 is 24.0 Å². The van der Waals surface area contributed by atoms with Gasteiger partial charge in [-0.2, -0.15) is 0 Å². The third-order valence-corrected chi connectivity index (χ3v) is 6.05. The van der Waals surface area contributed by atoms with E-state index in [0.29, 0.717) is 35.7 Å². The van der Waals surface area contributed by atoms with Gasteiger partial charge in [0.1, 0.15) is 11.5 Å². The van der Waals surface area contributed by atoms with E-state index in [1.54, 1.807) is 30.3 Å². The number of ether oxygens (including phenoxy) is 2. The van der Waals surface area contributed by atoms with Gasteiger partial charge in [-0.05, 0) is 81.7 Å². The lowest BCUT2D eigenvalue weighted by Gasteiger charge is -2.11.